The monoisotopic (exact) mass is 355 g/mol. The Morgan fingerprint density at radius 3 is 2.76 bits per heavy atom. The van der Waals surface area contributed by atoms with Gasteiger partial charge >= 0.3 is 0 Å². The van der Waals surface area contributed by atoms with E-state index in [-0.39, 0.29) is 18.0 Å². The van der Waals surface area contributed by atoms with Crippen LogP contribution in [0.1, 0.15) is 21.6 Å². The smallest absolute Gasteiger partial charge is 0.262 e. The molecule has 0 fully saturated rings. The summed E-state index contributed by atoms with van der Waals surface area (Å²) in [5, 5.41) is 3.50. The third-order valence-corrected chi connectivity index (χ3v) is 5.56. The quantitative estimate of drug-likeness (QED) is 0.765. The molecule has 5 nitrogen and oxygen atoms in total. The van der Waals surface area contributed by atoms with E-state index in [4.69, 9.17) is 0 Å². The zero-order chi connectivity index (χ0) is 18.0. The summed E-state index contributed by atoms with van der Waals surface area (Å²) in [6, 6.07) is 8.12. The van der Waals surface area contributed by atoms with Gasteiger partial charge in [-0.2, -0.15) is 0 Å². The van der Waals surface area contributed by atoms with E-state index >= 15 is 0 Å². The van der Waals surface area contributed by atoms with E-state index in [2.05, 4.69) is 29.4 Å². The van der Waals surface area contributed by atoms with Gasteiger partial charge in [0.25, 0.3) is 5.56 Å². The lowest BCUT2D eigenvalue weighted by Crippen LogP contribution is -2.33. The number of hydrogen-bond donors (Lipinski definition) is 1. The fourth-order valence-corrected chi connectivity index (χ4v) is 3.81. The summed E-state index contributed by atoms with van der Waals surface area (Å²) in [5.74, 6) is -0.179. The van der Waals surface area contributed by atoms with Crippen LogP contribution in [-0.2, 0) is 17.8 Å². The molecule has 2 heterocycles. The minimum atomic E-state index is -0.179. The number of nitrogens with one attached hydrogen (secondary N) is 1. The summed E-state index contributed by atoms with van der Waals surface area (Å²) >= 11 is 1.51. The molecule has 0 aliphatic heterocycles. The first-order valence-electron chi connectivity index (χ1n) is 8.23. The molecule has 0 saturated heterocycles. The molecule has 1 N–H and O–H groups in total. The Morgan fingerprint density at radius 2 is 2.00 bits per heavy atom. The number of aromatic nitrogens is 2. The van der Waals surface area contributed by atoms with E-state index in [9.17, 15) is 9.59 Å². The highest BCUT2D eigenvalue weighted by Crippen LogP contribution is 2.25. The molecule has 0 aliphatic rings. The molecule has 3 aromatic rings. The first kappa shape index (κ1) is 17.4. The molecule has 0 unspecified atom stereocenters. The second kappa shape index (κ2) is 7.19. The van der Waals surface area contributed by atoms with E-state index in [0.29, 0.717) is 11.9 Å². The van der Waals surface area contributed by atoms with Crippen LogP contribution in [0.15, 0.2) is 35.4 Å². The van der Waals surface area contributed by atoms with Gasteiger partial charge in [0.15, 0.2) is 0 Å². The Balaban J connectivity index is 1.66. The lowest BCUT2D eigenvalue weighted by Gasteiger charge is -2.09. The first-order valence-corrected chi connectivity index (χ1v) is 9.05. The van der Waals surface area contributed by atoms with Gasteiger partial charge < -0.3 is 5.32 Å². The van der Waals surface area contributed by atoms with Gasteiger partial charge in [0.1, 0.15) is 11.4 Å². The molecule has 0 spiro atoms. The molecular formula is C19H21N3O2S. The van der Waals surface area contributed by atoms with Gasteiger partial charge in [0, 0.05) is 11.4 Å². The SMILES string of the molecule is Cc1ccccc1CCNC(=O)Cn1cnc2sc(C)c(C)c2c1=O. The Labute approximate surface area is 150 Å². The Hall–Kier alpha value is -2.47. The lowest BCUT2D eigenvalue weighted by atomic mass is 10.1. The van der Waals surface area contributed by atoms with Crippen molar-refractivity contribution in [3.8, 4) is 0 Å². The minimum absolute atomic E-state index is 0.0100. The predicted molar refractivity (Wildman–Crippen MR) is 101 cm³/mol. The molecule has 3 rings (SSSR count). The number of carbonyl (C=O) groups excluding carboxylic acids is 1. The Kier molecular flexibility index (Phi) is 4.99. The van der Waals surface area contributed by atoms with Crippen molar-refractivity contribution in [2.45, 2.75) is 33.7 Å². The maximum absolute atomic E-state index is 12.6. The zero-order valence-electron chi connectivity index (χ0n) is 14.6. The van der Waals surface area contributed by atoms with E-state index in [1.54, 1.807) is 0 Å². The van der Waals surface area contributed by atoms with Gasteiger partial charge in [-0.3, -0.25) is 14.2 Å². The van der Waals surface area contributed by atoms with Crippen molar-refractivity contribution >= 4 is 27.5 Å². The van der Waals surface area contributed by atoms with Crippen molar-refractivity contribution in [3.05, 3.63) is 62.5 Å². The van der Waals surface area contributed by atoms with Crippen LogP contribution in [0.4, 0.5) is 0 Å². The molecule has 0 aliphatic carbocycles. The van der Waals surface area contributed by atoms with Gasteiger partial charge in [0.2, 0.25) is 5.91 Å². The minimum Gasteiger partial charge on any atom is -0.354 e. The molecule has 0 bridgehead atoms. The molecule has 0 radical (unpaired) electrons. The number of hydrogen-bond acceptors (Lipinski definition) is 4. The van der Waals surface area contributed by atoms with Crippen molar-refractivity contribution < 1.29 is 4.79 Å². The summed E-state index contributed by atoms with van der Waals surface area (Å²) in [6.45, 7) is 6.49. The highest BCUT2D eigenvalue weighted by atomic mass is 32.1. The molecular weight excluding hydrogens is 334 g/mol. The summed E-state index contributed by atoms with van der Waals surface area (Å²) in [6.07, 6.45) is 2.23. The number of carbonyl (C=O) groups is 1. The molecule has 2 aromatic heterocycles. The van der Waals surface area contributed by atoms with Crippen molar-refractivity contribution in [3.63, 3.8) is 0 Å². The standard InChI is InChI=1S/C19H21N3O2S/c1-12-6-4-5-7-15(12)8-9-20-16(23)10-22-11-21-18-17(19(22)24)13(2)14(3)25-18/h4-7,11H,8-10H2,1-3H3,(H,20,23). The molecule has 130 valence electrons. The highest BCUT2D eigenvalue weighted by molar-refractivity contribution is 7.18. The van der Waals surface area contributed by atoms with Crippen molar-refractivity contribution in [1.29, 1.82) is 0 Å². The van der Waals surface area contributed by atoms with Gasteiger partial charge in [-0.1, -0.05) is 24.3 Å². The van der Waals surface area contributed by atoms with Crippen molar-refractivity contribution in [1.82, 2.24) is 14.9 Å². The van der Waals surface area contributed by atoms with Crippen LogP contribution in [0.25, 0.3) is 10.2 Å². The second-order valence-corrected chi connectivity index (χ2v) is 7.37. The average molecular weight is 355 g/mol. The number of rotatable bonds is 5. The summed E-state index contributed by atoms with van der Waals surface area (Å²) in [7, 11) is 0. The molecule has 1 aromatic carbocycles. The van der Waals surface area contributed by atoms with Crippen LogP contribution in [0.5, 0.6) is 0 Å². The normalized spacial score (nSPS) is 11.0. The molecule has 1 amide bonds. The number of nitrogens with zero attached hydrogens (tertiary/aromatic N) is 2. The zero-order valence-corrected chi connectivity index (χ0v) is 15.4. The lowest BCUT2D eigenvalue weighted by molar-refractivity contribution is -0.121. The van der Waals surface area contributed by atoms with Crippen LogP contribution in [0, 0.1) is 20.8 Å². The number of aryl methyl sites for hydroxylation is 3. The number of benzene rings is 1. The maximum Gasteiger partial charge on any atom is 0.262 e. The fourth-order valence-electron chi connectivity index (χ4n) is 2.82. The average Bonchev–Trinajstić information content (AvgIpc) is 2.87. The van der Waals surface area contributed by atoms with Crippen LogP contribution >= 0.6 is 11.3 Å². The molecule has 0 saturated carbocycles. The van der Waals surface area contributed by atoms with E-state index in [1.807, 2.05) is 26.0 Å². The first-order chi connectivity index (χ1) is 12.0. The molecule has 0 atom stereocenters. The molecule has 25 heavy (non-hydrogen) atoms. The van der Waals surface area contributed by atoms with Crippen molar-refractivity contribution in [2.24, 2.45) is 0 Å². The van der Waals surface area contributed by atoms with Crippen LogP contribution in [0.3, 0.4) is 0 Å². The summed E-state index contributed by atoms with van der Waals surface area (Å²) in [4.78, 5) is 30.9. The van der Waals surface area contributed by atoms with E-state index in [1.165, 1.54) is 33.4 Å². The van der Waals surface area contributed by atoms with Crippen LogP contribution in [0.2, 0.25) is 0 Å². The van der Waals surface area contributed by atoms with Crippen molar-refractivity contribution in [2.75, 3.05) is 6.54 Å². The Morgan fingerprint density at radius 1 is 1.24 bits per heavy atom. The van der Waals surface area contributed by atoms with Gasteiger partial charge in [-0.05, 0) is 43.9 Å². The van der Waals surface area contributed by atoms with E-state index in [0.717, 1.165) is 21.7 Å². The fraction of sp³-hybridized carbons (Fsp3) is 0.316. The molecule has 6 heteroatoms. The van der Waals surface area contributed by atoms with Gasteiger partial charge in [-0.25, -0.2) is 4.98 Å². The van der Waals surface area contributed by atoms with E-state index < -0.39 is 0 Å². The Bertz CT molecular complexity index is 988. The number of thiophene rings is 1. The largest absolute Gasteiger partial charge is 0.354 e. The third-order valence-electron chi connectivity index (χ3n) is 4.45. The second-order valence-electron chi connectivity index (χ2n) is 6.17. The van der Waals surface area contributed by atoms with Gasteiger partial charge in [0.05, 0.1) is 11.7 Å². The van der Waals surface area contributed by atoms with Crippen LogP contribution < -0.4 is 10.9 Å². The predicted octanol–water partition coefficient (Wildman–Crippen LogP) is 2.74. The van der Waals surface area contributed by atoms with Crippen LogP contribution in [-0.4, -0.2) is 22.0 Å². The highest BCUT2D eigenvalue weighted by Gasteiger charge is 2.13. The third kappa shape index (κ3) is 3.64. The topological polar surface area (TPSA) is 64.0 Å². The number of amides is 1. The van der Waals surface area contributed by atoms with Gasteiger partial charge in [-0.15, -0.1) is 11.3 Å². The number of fused-ring (bicyclic) bond motifs is 1. The summed E-state index contributed by atoms with van der Waals surface area (Å²) in [5.41, 5.74) is 3.23. The maximum atomic E-state index is 12.6. The summed E-state index contributed by atoms with van der Waals surface area (Å²) < 4.78 is 1.38.